The first kappa shape index (κ1) is 13.0. The van der Waals surface area contributed by atoms with E-state index in [1.54, 1.807) is 0 Å². The summed E-state index contributed by atoms with van der Waals surface area (Å²) in [6.07, 6.45) is 5.18. The zero-order chi connectivity index (χ0) is 11.1. The van der Waals surface area contributed by atoms with Crippen molar-refractivity contribution in [2.75, 3.05) is 19.8 Å². The molecule has 3 atom stereocenters. The van der Waals surface area contributed by atoms with Gasteiger partial charge < -0.3 is 10.1 Å². The van der Waals surface area contributed by atoms with Gasteiger partial charge in [0, 0.05) is 12.6 Å². The van der Waals surface area contributed by atoms with Gasteiger partial charge in [0.05, 0.1) is 6.61 Å². The van der Waals surface area contributed by atoms with Gasteiger partial charge in [-0.05, 0) is 37.6 Å². The minimum atomic E-state index is 0.672. The van der Waals surface area contributed by atoms with Gasteiger partial charge >= 0.3 is 0 Å². The summed E-state index contributed by atoms with van der Waals surface area (Å²) in [6, 6.07) is 0.672. The Morgan fingerprint density at radius 3 is 2.73 bits per heavy atom. The van der Waals surface area contributed by atoms with Crippen molar-refractivity contribution in [3.05, 3.63) is 0 Å². The monoisotopic (exact) mass is 213 g/mol. The van der Waals surface area contributed by atoms with E-state index in [0.29, 0.717) is 6.04 Å². The molecule has 1 N–H and O–H groups in total. The predicted molar refractivity (Wildman–Crippen MR) is 65.1 cm³/mol. The molecule has 0 spiro atoms. The number of hydrogen-bond donors (Lipinski definition) is 1. The molecular weight excluding hydrogens is 186 g/mol. The zero-order valence-electron chi connectivity index (χ0n) is 10.6. The second-order valence-corrected chi connectivity index (χ2v) is 4.89. The third kappa shape index (κ3) is 4.52. The van der Waals surface area contributed by atoms with Crippen molar-refractivity contribution in [1.82, 2.24) is 5.32 Å². The first-order valence-electron chi connectivity index (χ1n) is 6.59. The second kappa shape index (κ2) is 7.24. The highest BCUT2D eigenvalue weighted by Crippen LogP contribution is 2.23. The number of rotatable bonds is 6. The van der Waals surface area contributed by atoms with Crippen LogP contribution in [0.5, 0.6) is 0 Å². The molecule has 0 amide bonds. The summed E-state index contributed by atoms with van der Waals surface area (Å²) in [7, 11) is 0. The van der Waals surface area contributed by atoms with Gasteiger partial charge in [-0.15, -0.1) is 0 Å². The largest absolute Gasteiger partial charge is 0.381 e. The molecule has 1 fully saturated rings. The minimum absolute atomic E-state index is 0.672. The van der Waals surface area contributed by atoms with Gasteiger partial charge in [0.1, 0.15) is 0 Å². The number of nitrogens with one attached hydrogen (secondary N) is 1. The maximum atomic E-state index is 5.58. The fraction of sp³-hybridized carbons (Fsp3) is 1.00. The molecule has 0 bridgehead atoms. The van der Waals surface area contributed by atoms with Crippen molar-refractivity contribution in [3.8, 4) is 0 Å². The van der Waals surface area contributed by atoms with Gasteiger partial charge in [-0.1, -0.05) is 27.2 Å². The zero-order valence-corrected chi connectivity index (χ0v) is 10.6. The summed E-state index contributed by atoms with van der Waals surface area (Å²) in [5.74, 6) is 1.57. The van der Waals surface area contributed by atoms with Crippen molar-refractivity contribution >= 4 is 0 Å². The summed E-state index contributed by atoms with van der Waals surface area (Å²) in [5.41, 5.74) is 0. The van der Waals surface area contributed by atoms with E-state index in [9.17, 15) is 0 Å². The highest BCUT2D eigenvalue weighted by molar-refractivity contribution is 4.79. The van der Waals surface area contributed by atoms with Crippen molar-refractivity contribution in [2.24, 2.45) is 11.8 Å². The van der Waals surface area contributed by atoms with E-state index in [1.165, 1.54) is 25.7 Å². The molecule has 0 aromatic heterocycles. The molecule has 0 radical (unpaired) electrons. The van der Waals surface area contributed by atoms with E-state index in [1.807, 2.05) is 0 Å². The molecule has 1 rings (SSSR count). The van der Waals surface area contributed by atoms with Crippen molar-refractivity contribution in [1.29, 1.82) is 0 Å². The molecule has 2 nitrogen and oxygen atoms in total. The number of hydrogen-bond acceptors (Lipinski definition) is 2. The van der Waals surface area contributed by atoms with Crippen molar-refractivity contribution < 1.29 is 4.74 Å². The molecule has 2 heteroatoms. The fourth-order valence-electron chi connectivity index (χ4n) is 2.39. The Bertz CT molecular complexity index is 155. The average molecular weight is 213 g/mol. The molecule has 1 heterocycles. The summed E-state index contributed by atoms with van der Waals surface area (Å²) in [4.78, 5) is 0. The molecule has 90 valence electrons. The van der Waals surface area contributed by atoms with Crippen LogP contribution in [-0.4, -0.2) is 25.8 Å². The topological polar surface area (TPSA) is 21.3 Å². The molecule has 1 aliphatic rings. The summed E-state index contributed by atoms with van der Waals surface area (Å²) in [5, 5.41) is 3.64. The first-order valence-corrected chi connectivity index (χ1v) is 6.59. The van der Waals surface area contributed by atoms with Crippen molar-refractivity contribution in [2.45, 2.75) is 52.5 Å². The van der Waals surface area contributed by atoms with Gasteiger partial charge in [0.25, 0.3) is 0 Å². The molecule has 3 unspecified atom stereocenters. The lowest BCUT2D eigenvalue weighted by molar-refractivity contribution is 0.0358. The van der Waals surface area contributed by atoms with Gasteiger partial charge in [-0.2, -0.15) is 0 Å². The van der Waals surface area contributed by atoms with E-state index >= 15 is 0 Å². The van der Waals surface area contributed by atoms with E-state index in [-0.39, 0.29) is 0 Å². The summed E-state index contributed by atoms with van der Waals surface area (Å²) >= 11 is 0. The summed E-state index contributed by atoms with van der Waals surface area (Å²) in [6.45, 7) is 9.86. The molecule has 15 heavy (non-hydrogen) atoms. The third-order valence-corrected chi connectivity index (χ3v) is 3.58. The Morgan fingerprint density at radius 2 is 2.20 bits per heavy atom. The maximum absolute atomic E-state index is 5.58. The Hall–Kier alpha value is -0.0800. The van der Waals surface area contributed by atoms with Crippen LogP contribution in [-0.2, 0) is 4.74 Å². The van der Waals surface area contributed by atoms with E-state index < -0.39 is 0 Å². The van der Waals surface area contributed by atoms with Crippen LogP contribution in [0.15, 0.2) is 0 Å². The average Bonchev–Trinajstić information content (AvgIpc) is 2.29. The normalized spacial score (nSPS) is 26.2. The summed E-state index contributed by atoms with van der Waals surface area (Å²) < 4.78 is 5.58. The Kier molecular flexibility index (Phi) is 6.26. The minimum Gasteiger partial charge on any atom is -0.381 e. The maximum Gasteiger partial charge on any atom is 0.0509 e. The predicted octanol–water partition coefficient (Wildman–Crippen LogP) is 2.83. The standard InChI is InChI=1S/C13H27NO/c1-4-11(3)9-13(14-5-2)12-7-6-8-15-10-12/h11-14H,4-10H2,1-3H3. The van der Waals surface area contributed by atoms with Gasteiger partial charge in [0.2, 0.25) is 0 Å². The first-order chi connectivity index (χ1) is 7.27. The lowest BCUT2D eigenvalue weighted by Gasteiger charge is -2.32. The van der Waals surface area contributed by atoms with E-state index in [2.05, 4.69) is 26.1 Å². The van der Waals surface area contributed by atoms with Crippen LogP contribution < -0.4 is 5.32 Å². The van der Waals surface area contributed by atoms with Crippen molar-refractivity contribution in [3.63, 3.8) is 0 Å². The van der Waals surface area contributed by atoms with Gasteiger partial charge in [0.15, 0.2) is 0 Å². The van der Waals surface area contributed by atoms with Crippen LogP contribution in [0.1, 0.15) is 46.5 Å². The third-order valence-electron chi connectivity index (χ3n) is 3.58. The Morgan fingerprint density at radius 1 is 1.40 bits per heavy atom. The van der Waals surface area contributed by atoms with Gasteiger partial charge in [-0.25, -0.2) is 0 Å². The van der Waals surface area contributed by atoms with Crippen LogP contribution in [0.2, 0.25) is 0 Å². The quantitative estimate of drug-likeness (QED) is 0.732. The highest BCUT2D eigenvalue weighted by atomic mass is 16.5. The number of ether oxygens (including phenoxy) is 1. The second-order valence-electron chi connectivity index (χ2n) is 4.89. The lowest BCUT2D eigenvalue weighted by atomic mass is 9.87. The molecule has 0 aromatic rings. The van der Waals surface area contributed by atoms with Crippen LogP contribution in [0.25, 0.3) is 0 Å². The molecule has 1 saturated heterocycles. The van der Waals surface area contributed by atoms with Crippen LogP contribution in [0, 0.1) is 11.8 Å². The van der Waals surface area contributed by atoms with Gasteiger partial charge in [-0.3, -0.25) is 0 Å². The highest BCUT2D eigenvalue weighted by Gasteiger charge is 2.24. The lowest BCUT2D eigenvalue weighted by Crippen LogP contribution is -2.41. The SMILES string of the molecule is CCNC(CC(C)CC)C1CCCOC1. The molecule has 0 saturated carbocycles. The Labute approximate surface area is 94.8 Å². The van der Waals surface area contributed by atoms with E-state index in [0.717, 1.165) is 31.6 Å². The smallest absolute Gasteiger partial charge is 0.0509 e. The molecule has 1 aliphatic heterocycles. The molecule has 0 aliphatic carbocycles. The molecule has 0 aromatic carbocycles. The Balaban J connectivity index is 2.39. The van der Waals surface area contributed by atoms with E-state index in [4.69, 9.17) is 4.74 Å². The fourth-order valence-corrected chi connectivity index (χ4v) is 2.39. The van der Waals surface area contributed by atoms with Crippen LogP contribution in [0.3, 0.4) is 0 Å². The molecular formula is C13H27NO. The van der Waals surface area contributed by atoms with Crippen LogP contribution in [0.4, 0.5) is 0 Å². The van der Waals surface area contributed by atoms with Crippen LogP contribution >= 0.6 is 0 Å².